The van der Waals surface area contributed by atoms with Gasteiger partial charge in [0.2, 0.25) is 0 Å². The summed E-state index contributed by atoms with van der Waals surface area (Å²) in [5.41, 5.74) is -0.573. The Hall–Kier alpha value is -0.510. The molecule has 1 heterocycles. The first kappa shape index (κ1) is 13.6. The molecular formula is C6H6ClNO5S3. The van der Waals surface area contributed by atoms with Crippen LogP contribution in [0.25, 0.3) is 0 Å². The smallest absolute Gasteiger partial charge is 0.257 e. The zero-order chi connectivity index (χ0) is 12.7. The molecule has 0 fully saturated rings. The van der Waals surface area contributed by atoms with Crippen molar-refractivity contribution in [1.82, 2.24) is 4.37 Å². The number of hydrogen-bond acceptors (Lipinski definition) is 7. The predicted octanol–water partition coefficient (Wildman–Crippen LogP) is 0.329. The molecule has 0 saturated carbocycles. The van der Waals surface area contributed by atoms with Crippen LogP contribution >= 0.6 is 23.1 Å². The molecule has 0 aliphatic heterocycles. The Kier molecular flexibility index (Phi) is 3.44. The Morgan fingerprint density at radius 2 is 1.69 bits per heavy atom. The molecule has 0 radical (unpaired) electrons. The van der Waals surface area contributed by atoms with Gasteiger partial charge in [0.1, 0.15) is 5.56 Å². The van der Waals surface area contributed by atoms with E-state index < -0.39 is 39.7 Å². The molecule has 0 saturated heterocycles. The lowest BCUT2D eigenvalue weighted by Gasteiger charge is -1.97. The normalized spacial score (nSPS) is 12.7. The van der Waals surface area contributed by atoms with Gasteiger partial charge in [-0.2, -0.15) is 4.37 Å². The molecule has 0 unspecified atom stereocenters. The molecule has 0 aliphatic rings. The van der Waals surface area contributed by atoms with Crippen molar-refractivity contribution in [2.24, 2.45) is 0 Å². The fraction of sp³-hybridized carbons (Fsp3) is 0.333. The summed E-state index contributed by atoms with van der Waals surface area (Å²) in [5, 5.41) is -1.76. The van der Waals surface area contributed by atoms with Crippen molar-refractivity contribution in [1.29, 1.82) is 0 Å². The summed E-state index contributed by atoms with van der Waals surface area (Å²) in [6.45, 7) is 0. The third-order valence-corrected chi connectivity index (χ3v) is 5.47. The maximum absolute atomic E-state index is 11.3. The van der Waals surface area contributed by atoms with Gasteiger partial charge in [0.25, 0.3) is 5.24 Å². The first-order valence-corrected chi connectivity index (χ1v) is 8.58. The number of hydrogen-bond donors (Lipinski definition) is 0. The fourth-order valence-corrected chi connectivity index (χ4v) is 4.38. The minimum Gasteiger partial charge on any atom is -0.275 e. The number of nitrogens with zero attached hydrogens (tertiary/aromatic N) is 1. The zero-order valence-corrected chi connectivity index (χ0v) is 11.3. The molecule has 0 N–H and O–H groups in total. The lowest BCUT2D eigenvalue weighted by molar-refractivity contribution is 0.107. The number of aromatic nitrogens is 1. The Bertz CT molecular complexity index is 592. The minimum absolute atomic E-state index is 0.416. The molecule has 6 nitrogen and oxygen atoms in total. The second-order valence-electron chi connectivity index (χ2n) is 2.97. The number of sulfone groups is 2. The van der Waals surface area contributed by atoms with Gasteiger partial charge in [0.15, 0.2) is 28.9 Å². The summed E-state index contributed by atoms with van der Waals surface area (Å²) in [4.78, 5) is 11.0. The van der Waals surface area contributed by atoms with Crippen molar-refractivity contribution in [3.8, 4) is 0 Å². The summed E-state index contributed by atoms with van der Waals surface area (Å²) >= 11 is 5.58. The first-order chi connectivity index (χ1) is 7.05. The van der Waals surface area contributed by atoms with Crippen LogP contribution in [0.5, 0.6) is 0 Å². The van der Waals surface area contributed by atoms with Crippen LogP contribution in [0, 0.1) is 0 Å². The highest BCUT2D eigenvalue weighted by Crippen LogP contribution is 2.28. The van der Waals surface area contributed by atoms with Crippen LogP contribution in [-0.2, 0) is 19.7 Å². The van der Waals surface area contributed by atoms with E-state index in [-0.39, 0.29) is 0 Å². The quantitative estimate of drug-likeness (QED) is 0.746. The highest BCUT2D eigenvalue weighted by atomic mass is 35.5. The summed E-state index contributed by atoms with van der Waals surface area (Å²) in [7, 11) is -7.52. The summed E-state index contributed by atoms with van der Waals surface area (Å²) in [6.07, 6.45) is 1.66. The third kappa shape index (κ3) is 2.59. The standard InChI is InChI=1S/C6H6ClNO5S3/c1-15(10,11)5-3(4(7)9)6(14-8-5)16(2,12)13/h1-2H3. The van der Waals surface area contributed by atoms with Crippen LogP contribution < -0.4 is 0 Å². The molecule has 16 heavy (non-hydrogen) atoms. The second kappa shape index (κ2) is 4.06. The van der Waals surface area contributed by atoms with Crippen molar-refractivity contribution in [2.75, 3.05) is 12.5 Å². The monoisotopic (exact) mass is 303 g/mol. The Morgan fingerprint density at radius 1 is 1.19 bits per heavy atom. The van der Waals surface area contributed by atoms with Crippen LogP contribution in [0.2, 0.25) is 0 Å². The molecule has 0 atom stereocenters. The molecule has 1 rings (SSSR count). The highest BCUT2D eigenvalue weighted by molar-refractivity contribution is 7.93. The number of carbonyl (C=O) groups excluding carboxylic acids is 1. The van der Waals surface area contributed by atoms with Gasteiger partial charge in [-0.15, -0.1) is 0 Å². The van der Waals surface area contributed by atoms with Crippen molar-refractivity contribution in [3.63, 3.8) is 0 Å². The van der Waals surface area contributed by atoms with E-state index in [0.717, 1.165) is 12.5 Å². The molecule has 0 aliphatic carbocycles. The van der Waals surface area contributed by atoms with Gasteiger partial charge in [0, 0.05) is 12.5 Å². The molecule has 1 aromatic heterocycles. The van der Waals surface area contributed by atoms with Gasteiger partial charge in [-0.25, -0.2) is 16.8 Å². The molecular weight excluding hydrogens is 298 g/mol. The Labute approximate surface area is 101 Å². The van der Waals surface area contributed by atoms with Gasteiger partial charge in [0.05, 0.1) is 0 Å². The third-order valence-electron chi connectivity index (χ3n) is 1.51. The Morgan fingerprint density at radius 3 is 2.00 bits per heavy atom. The number of rotatable bonds is 3. The number of carbonyl (C=O) groups is 1. The van der Waals surface area contributed by atoms with Gasteiger partial charge in [-0.3, -0.25) is 4.79 Å². The van der Waals surface area contributed by atoms with Crippen LogP contribution in [0.1, 0.15) is 10.4 Å². The molecule has 90 valence electrons. The van der Waals surface area contributed by atoms with E-state index in [9.17, 15) is 21.6 Å². The summed E-state index contributed by atoms with van der Waals surface area (Å²) in [6, 6.07) is 0. The minimum atomic E-state index is -3.79. The lowest BCUT2D eigenvalue weighted by Crippen LogP contribution is -2.07. The summed E-state index contributed by atoms with van der Waals surface area (Å²) < 4.78 is 48.0. The van der Waals surface area contributed by atoms with Crippen LogP contribution in [0.4, 0.5) is 0 Å². The Balaban J connectivity index is 3.73. The average Bonchev–Trinajstić information content (AvgIpc) is 2.43. The molecule has 0 spiro atoms. The van der Waals surface area contributed by atoms with Gasteiger partial charge < -0.3 is 0 Å². The lowest BCUT2D eigenvalue weighted by atomic mass is 10.4. The predicted molar refractivity (Wildman–Crippen MR) is 58.5 cm³/mol. The van der Waals surface area contributed by atoms with Crippen LogP contribution in [0.15, 0.2) is 9.24 Å². The number of halogens is 1. The highest BCUT2D eigenvalue weighted by Gasteiger charge is 2.30. The molecule has 0 aromatic carbocycles. The molecule has 1 aromatic rings. The summed E-state index contributed by atoms with van der Waals surface area (Å²) in [5.74, 6) is 0. The van der Waals surface area contributed by atoms with E-state index in [1.165, 1.54) is 0 Å². The second-order valence-corrected chi connectivity index (χ2v) is 8.23. The maximum Gasteiger partial charge on any atom is 0.257 e. The van der Waals surface area contributed by atoms with Crippen molar-refractivity contribution < 1.29 is 21.6 Å². The van der Waals surface area contributed by atoms with E-state index in [1.54, 1.807) is 0 Å². The maximum atomic E-state index is 11.3. The molecule has 0 bridgehead atoms. The van der Waals surface area contributed by atoms with E-state index in [1.807, 2.05) is 0 Å². The van der Waals surface area contributed by atoms with Gasteiger partial charge >= 0.3 is 0 Å². The van der Waals surface area contributed by atoms with E-state index in [2.05, 4.69) is 4.37 Å². The van der Waals surface area contributed by atoms with E-state index in [0.29, 0.717) is 11.5 Å². The van der Waals surface area contributed by atoms with Crippen molar-refractivity contribution in [2.45, 2.75) is 9.24 Å². The van der Waals surface area contributed by atoms with E-state index >= 15 is 0 Å². The van der Waals surface area contributed by atoms with Crippen molar-refractivity contribution in [3.05, 3.63) is 5.56 Å². The largest absolute Gasteiger partial charge is 0.275 e. The van der Waals surface area contributed by atoms with E-state index in [4.69, 9.17) is 11.6 Å². The van der Waals surface area contributed by atoms with Gasteiger partial charge in [-0.05, 0) is 23.1 Å². The fourth-order valence-electron chi connectivity index (χ4n) is 0.932. The SMILES string of the molecule is CS(=O)(=O)c1nsc(S(C)(=O)=O)c1C(=O)Cl. The molecule has 0 amide bonds. The van der Waals surface area contributed by atoms with Gasteiger partial charge in [-0.1, -0.05) is 0 Å². The zero-order valence-electron chi connectivity index (χ0n) is 8.09. The average molecular weight is 304 g/mol. The first-order valence-electron chi connectivity index (χ1n) is 3.64. The topological polar surface area (TPSA) is 98.2 Å². The van der Waals surface area contributed by atoms with Crippen molar-refractivity contribution >= 4 is 48.1 Å². The molecule has 10 heteroatoms. The van der Waals surface area contributed by atoms with Crippen LogP contribution in [0.3, 0.4) is 0 Å². The van der Waals surface area contributed by atoms with Crippen LogP contribution in [-0.4, -0.2) is 39.0 Å².